The van der Waals surface area contributed by atoms with Crippen molar-refractivity contribution in [3.8, 4) is 0 Å². The third-order valence-electron chi connectivity index (χ3n) is 6.25. The Balaban J connectivity index is 0.00000363. The van der Waals surface area contributed by atoms with Crippen molar-refractivity contribution in [1.82, 2.24) is 10.6 Å². The predicted molar refractivity (Wildman–Crippen MR) is 126 cm³/mol. The molecule has 1 aliphatic carbocycles. The smallest absolute Gasteiger partial charge is 0.305 e. The molecule has 0 bridgehead atoms. The van der Waals surface area contributed by atoms with Crippen LogP contribution in [0.2, 0.25) is 0 Å². The summed E-state index contributed by atoms with van der Waals surface area (Å²) in [7, 11) is -2.07. The van der Waals surface area contributed by atoms with E-state index in [9.17, 15) is 18.0 Å². The van der Waals surface area contributed by atoms with Gasteiger partial charge in [-0.3, -0.25) is 9.59 Å². The Bertz CT molecular complexity index is 895. The van der Waals surface area contributed by atoms with Crippen molar-refractivity contribution in [3.05, 3.63) is 23.8 Å². The number of halogens is 1. The van der Waals surface area contributed by atoms with Crippen LogP contribution in [0, 0.1) is 5.92 Å². The number of piperazine rings is 1. The highest BCUT2D eigenvalue weighted by atomic mass is 35.5. The number of hydrogen-bond acceptors (Lipinski definition) is 7. The Morgan fingerprint density at radius 3 is 2.41 bits per heavy atom. The number of methoxy groups -OCH3 is 1. The molecular weight excluding hydrogens is 454 g/mol. The van der Waals surface area contributed by atoms with E-state index in [1.54, 1.807) is 12.1 Å². The number of ether oxygens (including phenoxy) is 1. The van der Waals surface area contributed by atoms with Gasteiger partial charge in [-0.15, -0.1) is 12.4 Å². The number of hydrogen-bond donors (Lipinski definition) is 2. The Morgan fingerprint density at radius 1 is 1.16 bits per heavy atom. The summed E-state index contributed by atoms with van der Waals surface area (Å²) in [6, 6.07) is 5.03. The molecule has 10 heteroatoms. The number of benzene rings is 1. The number of nitrogens with zero attached hydrogens (tertiary/aromatic N) is 1. The van der Waals surface area contributed by atoms with Crippen molar-refractivity contribution < 1.29 is 22.7 Å². The minimum atomic E-state index is -3.47. The van der Waals surface area contributed by atoms with Crippen molar-refractivity contribution in [3.63, 3.8) is 0 Å². The molecule has 32 heavy (non-hydrogen) atoms. The molecule has 0 aromatic heterocycles. The van der Waals surface area contributed by atoms with Crippen LogP contribution in [0.15, 0.2) is 23.1 Å². The van der Waals surface area contributed by atoms with Gasteiger partial charge in [-0.25, -0.2) is 8.42 Å². The van der Waals surface area contributed by atoms with Gasteiger partial charge in [0.1, 0.15) is 0 Å². The molecular formula is C22H34ClN3O5S. The SMILES string of the molecule is COC(=O)CC[C@H]1CC[C@H](NC(=O)c2ccc(N3CCNCC3)c(S(C)(=O)=O)c2)CC1.Cl. The van der Waals surface area contributed by atoms with Crippen LogP contribution < -0.4 is 15.5 Å². The Morgan fingerprint density at radius 2 is 1.81 bits per heavy atom. The highest BCUT2D eigenvalue weighted by Crippen LogP contribution is 2.29. The number of sulfone groups is 1. The average Bonchev–Trinajstić information content (AvgIpc) is 2.78. The second-order valence-corrected chi connectivity index (χ2v) is 10.5. The number of carbonyl (C=O) groups excluding carboxylic acids is 2. The van der Waals surface area contributed by atoms with Crippen LogP contribution in [-0.4, -0.2) is 65.9 Å². The summed E-state index contributed by atoms with van der Waals surface area (Å²) in [5, 5.41) is 6.32. The molecule has 2 N–H and O–H groups in total. The second-order valence-electron chi connectivity index (χ2n) is 8.50. The first-order valence-corrected chi connectivity index (χ1v) is 12.8. The van der Waals surface area contributed by atoms with E-state index in [1.807, 2.05) is 4.90 Å². The lowest BCUT2D eigenvalue weighted by Gasteiger charge is -2.31. The lowest BCUT2D eigenvalue weighted by atomic mass is 9.83. The van der Waals surface area contributed by atoms with E-state index in [1.165, 1.54) is 19.4 Å². The topological polar surface area (TPSA) is 105 Å². The molecule has 1 amide bonds. The number of rotatable bonds is 7. The van der Waals surface area contributed by atoms with E-state index < -0.39 is 9.84 Å². The van der Waals surface area contributed by atoms with Gasteiger partial charge in [0.25, 0.3) is 5.91 Å². The van der Waals surface area contributed by atoms with E-state index in [4.69, 9.17) is 4.74 Å². The number of esters is 1. The molecule has 1 saturated heterocycles. The molecule has 1 aliphatic heterocycles. The van der Waals surface area contributed by atoms with E-state index in [0.717, 1.165) is 58.3 Å². The Kier molecular flexibility index (Phi) is 9.79. The van der Waals surface area contributed by atoms with Gasteiger partial charge in [-0.2, -0.15) is 0 Å². The Hall–Kier alpha value is -1.84. The van der Waals surface area contributed by atoms with Gasteiger partial charge in [-0.1, -0.05) is 0 Å². The maximum atomic E-state index is 12.8. The molecule has 8 nitrogen and oxygen atoms in total. The minimum Gasteiger partial charge on any atom is -0.469 e. The van der Waals surface area contributed by atoms with E-state index in [0.29, 0.717) is 23.6 Å². The zero-order valence-corrected chi connectivity index (χ0v) is 20.4. The fourth-order valence-electron chi connectivity index (χ4n) is 4.41. The molecule has 0 radical (unpaired) electrons. The summed E-state index contributed by atoms with van der Waals surface area (Å²) < 4.78 is 29.5. The van der Waals surface area contributed by atoms with Crippen LogP contribution in [0.3, 0.4) is 0 Å². The monoisotopic (exact) mass is 487 g/mol. The molecule has 180 valence electrons. The molecule has 1 aromatic rings. The molecule has 2 fully saturated rings. The lowest BCUT2D eigenvalue weighted by molar-refractivity contribution is -0.141. The normalized spacial score (nSPS) is 21.4. The molecule has 0 spiro atoms. The van der Waals surface area contributed by atoms with E-state index in [-0.39, 0.29) is 35.2 Å². The van der Waals surface area contributed by atoms with Gasteiger partial charge in [0, 0.05) is 50.5 Å². The third-order valence-corrected chi connectivity index (χ3v) is 7.37. The molecule has 1 heterocycles. The average molecular weight is 488 g/mol. The first-order valence-electron chi connectivity index (χ1n) is 11.0. The van der Waals surface area contributed by atoms with Crippen molar-refractivity contribution in [1.29, 1.82) is 0 Å². The van der Waals surface area contributed by atoms with Crippen LogP contribution in [0.25, 0.3) is 0 Å². The molecule has 0 atom stereocenters. The van der Waals surface area contributed by atoms with Crippen LogP contribution in [0.5, 0.6) is 0 Å². The quantitative estimate of drug-likeness (QED) is 0.568. The lowest BCUT2D eigenvalue weighted by Crippen LogP contribution is -2.44. The molecule has 3 rings (SSSR count). The van der Waals surface area contributed by atoms with Gasteiger partial charge >= 0.3 is 5.97 Å². The predicted octanol–water partition coefficient (Wildman–Crippen LogP) is 2.16. The van der Waals surface area contributed by atoms with Gasteiger partial charge in [0.2, 0.25) is 0 Å². The maximum absolute atomic E-state index is 12.8. The summed E-state index contributed by atoms with van der Waals surface area (Å²) in [5.74, 6) is 0.0542. The fourth-order valence-corrected chi connectivity index (χ4v) is 5.33. The summed E-state index contributed by atoms with van der Waals surface area (Å²) in [4.78, 5) is 26.4. The van der Waals surface area contributed by atoms with Gasteiger partial charge in [-0.05, 0) is 56.2 Å². The first-order chi connectivity index (χ1) is 14.8. The highest BCUT2D eigenvalue weighted by Gasteiger charge is 2.25. The summed E-state index contributed by atoms with van der Waals surface area (Å²) >= 11 is 0. The zero-order chi connectivity index (χ0) is 22.4. The Labute approximate surface area is 196 Å². The molecule has 0 unspecified atom stereocenters. The zero-order valence-electron chi connectivity index (χ0n) is 18.8. The van der Waals surface area contributed by atoms with Crippen molar-refractivity contribution in [2.24, 2.45) is 5.92 Å². The summed E-state index contributed by atoms with van der Waals surface area (Å²) in [6.45, 7) is 3.06. The van der Waals surface area contributed by atoms with Gasteiger partial charge in [0.05, 0.1) is 17.7 Å². The number of carbonyl (C=O) groups is 2. The number of amides is 1. The summed E-state index contributed by atoms with van der Waals surface area (Å²) in [5.41, 5.74) is 1.03. The third kappa shape index (κ3) is 7.08. The standard InChI is InChI=1S/C22H33N3O5S.ClH/c1-30-21(26)10-5-16-3-7-18(8-4-16)24-22(27)17-6-9-19(20(15-17)31(2,28)29)25-13-11-23-12-14-25;/h6,9,15-16,18,23H,3-5,7-8,10-14H2,1-2H3,(H,24,27);1H/t16-,18-;. The molecule has 1 aromatic carbocycles. The van der Waals surface area contributed by atoms with Gasteiger partial charge < -0.3 is 20.3 Å². The maximum Gasteiger partial charge on any atom is 0.305 e. The van der Waals surface area contributed by atoms with Crippen molar-refractivity contribution in [2.45, 2.75) is 49.5 Å². The summed E-state index contributed by atoms with van der Waals surface area (Å²) in [6.07, 6.45) is 6.07. The van der Waals surface area contributed by atoms with Crippen LogP contribution in [0.4, 0.5) is 5.69 Å². The molecule has 1 saturated carbocycles. The van der Waals surface area contributed by atoms with Gasteiger partial charge in [0.15, 0.2) is 9.84 Å². The second kappa shape index (κ2) is 11.9. The van der Waals surface area contributed by atoms with Crippen LogP contribution in [0.1, 0.15) is 48.9 Å². The number of anilines is 1. The molecule has 2 aliphatic rings. The number of nitrogens with one attached hydrogen (secondary N) is 2. The van der Waals surface area contributed by atoms with Crippen molar-refractivity contribution in [2.75, 3.05) is 44.4 Å². The fraction of sp³-hybridized carbons (Fsp3) is 0.636. The van der Waals surface area contributed by atoms with Crippen LogP contribution in [-0.2, 0) is 19.4 Å². The van der Waals surface area contributed by atoms with Crippen molar-refractivity contribution >= 4 is 39.8 Å². The van der Waals surface area contributed by atoms with Crippen LogP contribution >= 0.6 is 12.4 Å². The van der Waals surface area contributed by atoms with E-state index in [2.05, 4.69) is 10.6 Å². The largest absolute Gasteiger partial charge is 0.469 e. The highest BCUT2D eigenvalue weighted by molar-refractivity contribution is 7.90. The minimum absolute atomic E-state index is 0. The first kappa shape index (κ1) is 26.4. The van der Waals surface area contributed by atoms with E-state index >= 15 is 0 Å².